The Bertz CT molecular complexity index is 482. The molecule has 24 heavy (non-hydrogen) atoms. The quantitative estimate of drug-likeness (QED) is 0.715. The van der Waals surface area contributed by atoms with Crippen LogP contribution in [0.4, 0.5) is 0 Å². The minimum atomic E-state index is 0.599. The second-order valence-electron chi connectivity index (χ2n) is 6.94. The van der Waals surface area contributed by atoms with Crippen LogP contribution in [0, 0.1) is 5.92 Å². The van der Waals surface area contributed by atoms with Crippen LogP contribution in [0.2, 0.25) is 0 Å². The van der Waals surface area contributed by atoms with Crippen LogP contribution in [0.3, 0.4) is 0 Å². The third-order valence-corrected chi connectivity index (χ3v) is 4.29. The molecule has 3 heteroatoms. The molecule has 1 aromatic carbocycles. The zero-order valence-electron chi connectivity index (χ0n) is 16.8. The van der Waals surface area contributed by atoms with E-state index in [1.165, 1.54) is 43.5 Å². The highest BCUT2D eigenvalue weighted by molar-refractivity contribution is 5.49. The van der Waals surface area contributed by atoms with Crippen molar-refractivity contribution in [3.8, 4) is 11.5 Å². The second kappa shape index (κ2) is 10.6. The number of fused-ring (bicyclic) bond motifs is 3. The first-order valence-corrected chi connectivity index (χ1v) is 9.55. The lowest BCUT2D eigenvalue weighted by Crippen LogP contribution is -2.38. The molecule has 2 heterocycles. The monoisotopic (exact) mass is 335 g/mol. The van der Waals surface area contributed by atoms with Crippen LogP contribution in [0.5, 0.6) is 11.5 Å². The van der Waals surface area contributed by atoms with Gasteiger partial charge in [0.2, 0.25) is 0 Å². The fraction of sp³-hybridized carbons (Fsp3) is 0.714. The molecule has 2 aliphatic rings. The zero-order valence-corrected chi connectivity index (χ0v) is 16.8. The Labute approximate surface area is 149 Å². The van der Waals surface area contributed by atoms with Gasteiger partial charge >= 0.3 is 0 Å². The molecule has 0 aromatic heterocycles. The number of methoxy groups -OCH3 is 2. The van der Waals surface area contributed by atoms with Gasteiger partial charge in [-0.15, -0.1) is 0 Å². The largest absolute Gasteiger partial charge is 0.493 e. The minimum Gasteiger partial charge on any atom is -0.493 e. The number of hydrogen-bond donors (Lipinski definition) is 0. The van der Waals surface area contributed by atoms with E-state index in [9.17, 15) is 0 Å². The van der Waals surface area contributed by atoms with Crippen molar-refractivity contribution in [2.45, 2.75) is 66.3 Å². The van der Waals surface area contributed by atoms with Crippen molar-refractivity contribution >= 4 is 0 Å². The molecule has 1 unspecified atom stereocenters. The highest BCUT2D eigenvalue weighted by Crippen LogP contribution is 2.41. The minimum absolute atomic E-state index is 0.599. The number of rotatable bonds is 2. The van der Waals surface area contributed by atoms with Gasteiger partial charge < -0.3 is 9.47 Å². The molecule has 3 rings (SSSR count). The van der Waals surface area contributed by atoms with Crippen molar-refractivity contribution in [3.05, 3.63) is 23.3 Å². The van der Waals surface area contributed by atoms with Gasteiger partial charge in [0.05, 0.1) is 14.2 Å². The molecule has 1 saturated heterocycles. The lowest BCUT2D eigenvalue weighted by molar-refractivity contribution is 0.138. The molecule has 1 aromatic rings. The van der Waals surface area contributed by atoms with E-state index in [-0.39, 0.29) is 0 Å². The van der Waals surface area contributed by atoms with Gasteiger partial charge in [0, 0.05) is 12.6 Å². The smallest absolute Gasteiger partial charge is 0.161 e. The van der Waals surface area contributed by atoms with Crippen LogP contribution < -0.4 is 9.47 Å². The molecule has 138 valence electrons. The van der Waals surface area contributed by atoms with Crippen molar-refractivity contribution in [2.75, 3.05) is 27.3 Å². The van der Waals surface area contributed by atoms with E-state index in [2.05, 4.69) is 37.8 Å². The Hall–Kier alpha value is -1.22. The van der Waals surface area contributed by atoms with Gasteiger partial charge in [0.15, 0.2) is 11.5 Å². The van der Waals surface area contributed by atoms with E-state index in [0.717, 1.165) is 23.8 Å². The number of ether oxygens (including phenoxy) is 2. The summed E-state index contributed by atoms with van der Waals surface area (Å²) >= 11 is 0. The number of piperidine rings is 1. The fourth-order valence-corrected chi connectivity index (χ4v) is 3.34. The molecule has 0 radical (unpaired) electrons. The number of hydrogen-bond acceptors (Lipinski definition) is 3. The van der Waals surface area contributed by atoms with Gasteiger partial charge in [-0.1, -0.05) is 41.0 Å². The highest BCUT2D eigenvalue weighted by Gasteiger charge is 2.30. The maximum atomic E-state index is 5.44. The van der Waals surface area contributed by atoms with E-state index >= 15 is 0 Å². The van der Waals surface area contributed by atoms with Crippen LogP contribution in [0.15, 0.2) is 12.1 Å². The molecule has 2 aliphatic heterocycles. The molecule has 0 spiro atoms. The van der Waals surface area contributed by atoms with Crippen LogP contribution in [0.1, 0.15) is 71.0 Å². The van der Waals surface area contributed by atoms with E-state index in [1.54, 1.807) is 14.2 Å². The molecule has 0 N–H and O–H groups in total. The molecular weight excluding hydrogens is 298 g/mol. The van der Waals surface area contributed by atoms with Crippen molar-refractivity contribution in [1.29, 1.82) is 0 Å². The van der Waals surface area contributed by atoms with Crippen molar-refractivity contribution in [3.63, 3.8) is 0 Å². The summed E-state index contributed by atoms with van der Waals surface area (Å²) in [6.45, 7) is 12.9. The predicted molar refractivity (Wildman–Crippen MR) is 103 cm³/mol. The summed E-state index contributed by atoms with van der Waals surface area (Å²) in [7, 11) is 3.42. The lowest BCUT2D eigenvalue weighted by Gasteiger charge is -2.40. The second-order valence-corrected chi connectivity index (χ2v) is 6.94. The SMILES string of the molecule is CC.CC(C)C.COc1cc2c(cc1OC)C1CCCCN1CC2. The third-order valence-electron chi connectivity index (χ3n) is 4.29. The van der Waals surface area contributed by atoms with Gasteiger partial charge in [0.25, 0.3) is 0 Å². The van der Waals surface area contributed by atoms with Gasteiger partial charge in [-0.3, -0.25) is 4.90 Å². The maximum Gasteiger partial charge on any atom is 0.161 e. The van der Waals surface area contributed by atoms with E-state index in [1.807, 2.05) is 13.8 Å². The summed E-state index contributed by atoms with van der Waals surface area (Å²) in [6.07, 6.45) is 5.10. The topological polar surface area (TPSA) is 21.7 Å². The predicted octanol–water partition coefficient (Wildman–Crippen LogP) is 5.48. The summed E-state index contributed by atoms with van der Waals surface area (Å²) in [5.74, 6) is 2.56. The highest BCUT2D eigenvalue weighted by atomic mass is 16.5. The van der Waals surface area contributed by atoms with Crippen molar-refractivity contribution < 1.29 is 9.47 Å². The van der Waals surface area contributed by atoms with E-state index in [0.29, 0.717) is 6.04 Å². The first kappa shape index (κ1) is 20.8. The third kappa shape index (κ3) is 5.41. The number of nitrogens with zero attached hydrogens (tertiary/aromatic N) is 1. The summed E-state index contributed by atoms with van der Waals surface area (Å²) in [6, 6.07) is 4.96. The molecule has 0 saturated carbocycles. The van der Waals surface area contributed by atoms with E-state index in [4.69, 9.17) is 9.47 Å². The van der Waals surface area contributed by atoms with Crippen LogP contribution in [-0.2, 0) is 6.42 Å². The average molecular weight is 336 g/mol. The lowest BCUT2D eigenvalue weighted by atomic mass is 9.86. The van der Waals surface area contributed by atoms with Crippen LogP contribution in [0.25, 0.3) is 0 Å². The van der Waals surface area contributed by atoms with E-state index < -0.39 is 0 Å². The molecule has 1 fully saturated rings. The van der Waals surface area contributed by atoms with Gasteiger partial charge in [0.1, 0.15) is 0 Å². The molecule has 0 aliphatic carbocycles. The van der Waals surface area contributed by atoms with Crippen molar-refractivity contribution in [2.24, 2.45) is 5.92 Å². The zero-order chi connectivity index (χ0) is 18.1. The molecular formula is C21H37NO2. The standard InChI is InChI=1S/C15H21NO2.C4H10.C2H6/c1-17-14-9-11-6-8-16-7-4-3-5-13(16)12(11)10-15(14)18-2;1-4(2)3;1-2/h9-10,13H,3-8H2,1-2H3;4H,1-3H3;1-2H3. The van der Waals surface area contributed by atoms with Crippen LogP contribution in [-0.4, -0.2) is 32.2 Å². The van der Waals surface area contributed by atoms with Gasteiger partial charge in [-0.2, -0.15) is 0 Å². The van der Waals surface area contributed by atoms with Gasteiger partial charge in [-0.05, 0) is 55.0 Å². The van der Waals surface area contributed by atoms with Gasteiger partial charge in [-0.25, -0.2) is 0 Å². The maximum absolute atomic E-state index is 5.44. The molecule has 0 amide bonds. The summed E-state index contributed by atoms with van der Waals surface area (Å²) < 4.78 is 10.8. The Morgan fingerprint density at radius 3 is 2.12 bits per heavy atom. The number of benzene rings is 1. The normalized spacial score (nSPS) is 19.1. The first-order valence-electron chi connectivity index (χ1n) is 9.55. The summed E-state index contributed by atoms with van der Waals surface area (Å²) in [5.41, 5.74) is 2.90. The summed E-state index contributed by atoms with van der Waals surface area (Å²) in [5, 5.41) is 0. The Kier molecular flexibility index (Phi) is 9.20. The Morgan fingerprint density at radius 2 is 1.54 bits per heavy atom. The molecule has 1 atom stereocenters. The Balaban J connectivity index is 0.000000423. The fourth-order valence-electron chi connectivity index (χ4n) is 3.34. The molecule has 0 bridgehead atoms. The van der Waals surface area contributed by atoms with Crippen LogP contribution >= 0.6 is 0 Å². The molecule has 3 nitrogen and oxygen atoms in total. The first-order chi connectivity index (χ1) is 11.6. The van der Waals surface area contributed by atoms with Crippen molar-refractivity contribution in [1.82, 2.24) is 4.90 Å². The average Bonchev–Trinajstić information content (AvgIpc) is 2.61. The summed E-state index contributed by atoms with van der Waals surface area (Å²) in [4.78, 5) is 2.62. The Morgan fingerprint density at radius 1 is 0.958 bits per heavy atom.